The summed E-state index contributed by atoms with van der Waals surface area (Å²) in [6, 6.07) is 11.9. The molecule has 1 fully saturated rings. The van der Waals surface area contributed by atoms with Crippen LogP contribution in [0.4, 0.5) is 0 Å². The summed E-state index contributed by atoms with van der Waals surface area (Å²) in [5.41, 5.74) is 1.98. The van der Waals surface area contributed by atoms with Crippen molar-refractivity contribution < 1.29 is 9.59 Å². The number of amides is 2. The van der Waals surface area contributed by atoms with Crippen LogP contribution in [0.15, 0.2) is 36.4 Å². The maximum absolute atomic E-state index is 13.0. The number of fused-ring (bicyclic) bond motifs is 1. The van der Waals surface area contributed by atoms with Crippen LogP contribution in [-0.2, 0) is 13.1 Å². The molecule has 0 radical (unpaired) electrons. The van der Waals surface area contributed by atoms with E-state index in [1.54, 1.807) is 10.7 Å². The molecule has 148 valence electrons. The minimum atomic E-state index is -0.158. The molecular weight excluding hydrogens is 352 g/mol. The van der Waals surface area contributed by atoms with Crippen molar-refractivity contribution in [3.63, 3.8) is 0 Å². The van der Waals surface area contributed by atoms with Gasteiger partial charge in [0.15, 0.2) is 5.69 Å². The Bertz CT molecular complexity index is 822. The molecule has 1 aromatic heterocycles. The van der Waals surface area contributed by atoms with Crippen molar-refractivity contribution in [3.05, 3.63) is 53.3 Å². The number of nitrogens with zero attached hydrogens (tertiary/aromatic N) is 3. The topological polar surface area (TPSA) is 67.2 Å². The highest BCUT2D eigenvalue weighted by atomic mass is 16.2. The molecule has 2 heterocycles. The molecule has 2 aromatic rings. The number of hydrogen-bond acceptors (Lipinski definition) is 3. The lowest BCUT2D eigenvalue weighted by Crippen LogP contribution is -2.34. The molecule has 6 nitrogen and oxygen atoms in total. The van der Waals surface area contributed by atoms with Crippen molar-refractivity contribution in [2.24, 2.45) is 0 Å². The molecule has 0 saturated heterocycles. The zero-order valence-electron chi connectivity index (χ0n) is 16.3. The van der Waals surface area contributed by atoms with Gasteiger partial charge in [0.25, 0.3) is 11.8 Å². The van der Waals surface area contributed by atoms with E-state index in [-0.39, 0.29) is 17.9 Å². The fourth-order valence-corrected chi connectivity index (χ4v) is 4.18. The number of carbonyl (C=O) groups excluding carboxylic acids is 2. The summed E-state index contributed by atoms with van der Waals surface area (Å²) >= 11 is 0. The van der Waals surface area contributed by atoms with E-state index in [2.05, 4.69) is 10.4 Å². The third kappa shape index (κ3) is 4.26. The van der Waals surface area contributed by atoms with E-state index in [0.29, 0.717) is 31.0 Å². The fourth-order valence-electron chi connectivity index (χ4n) is 4.18. The highest BCUT2D eigenvalue weighted by Gasteiger charge is 2.27. The summed E-state index contributed by atoms with van der Waals surface area (Å²) in [4.78, 5) is 27.6. The molecule has 1 aliphatic carbocycles. The van der Waals surface area contributed by atoms with Crippen LogP contribution in [-0.4, -0.2) is 39.1 Å². The first-order valence-electron chi connectivity index (χ1n) is 10.4. The Morgan fingerprint density at radius 1 is 1.04 bits per heavy atom. The van der Waals surface area contributed by atoms with Crippen molar-refractivity contribution in [2.75, 3.05) is 6.54 Å². The van der Waals surface area contributed by atoms with E-state index in [9.17, 15) is 9.59 Å². The average Bonchev–Trinajstić information content (AvgIpc) is 2.88. The van der Waals surface area contributed by atoms with E-state index in [0.717, 1.165) is 37.7 Å². The normalized spacial score (nSPS) is 18.3. The number of nitrogens with one attached hydrogen (secondary N) is 1. The third-order valence-corrected chi connectivity index (χ3v) is 5.72. The second-order valence-electron chi connectivity index (χ2n) is 7.87. The van der Waals surface area contributed by atoms with Crippen molar-refractivity contribution in [1.82, 2.24) is 20.0 Å². The number of aryl methyl sites for hydroxylation is 1. The van der Waals surface area contributed by atoms with E-state index in [4.69, 9.17) is 0 Å². The van der Waals surface area contributed by atoms with Gasteiger partial charge in [-0.2, -0.15) is 5.10 Å². The number of benzene rings is 1. The zero-order chi connectivity index (χ0) is 19.3. The lowest BCUT2D eigenvalue weighted by molar-refractivity contribution is 0.0745. The molecule has 2 aliphatic rings. The molecule has 28 heavy (non-hydrogen) atoms. The van der Waals surface area contributed by atoms with Crippen LogP contribution in [0.5, 0.6) is 0 Å². The molecule has 4 rings (SSSR count). The molecule has 0 atom stereocenters. The molecule has 1 aliphatic heterocycles. The fraction of sp³-hybridized carbons (Fsp3) is 0.500. The number of rotatable bonds is 4. The summed E-state index contributed by atoms with van der Waals surface area (Å²) < 4.78 is 1.70. The Hall–Kier alpha value is -2.63. The first kappa shape index (κ1) is 18.7. The van der Waals surface area contributed by atoms with Crippen LogP contribution in [0.1, 0.15) is 71.5 Å². The Labute approximate surface area is 165 Å². The predicted molar refractivity (Wildman–Crippen MR) is 107 cm³/mol. The quantitative estimate of drug-likeness (QED) is 0.827. The standard InChI is InChI=1S/C22H28N4O2/c27-21(23-18-11-6-1-2-7-12-18)19-15-20-22(28)25(13-8-14-26(20)24-19)16-17-9-4-3-5-10-17/h3-5,9-10,15,18H,1-2,6-8,11-14,16H2,(H,23,27). The molecule has 0 unspecified atom stereocenters. The van der Waals surface area contributed by atoms with Crippen molar-refractivity contribution in [3.8, 4) is 0 Å². The Kier molecular flexibility index (Phi) is 5.74. The van der Waals surface area contributed by atoms with Gasteiger partial charge in [0, 0.05) is 31.7 Å². The van der Waals surface area contributed by atoms with Gasteiger partial charge < -0.3 is 10.2 Å². The number of hydrogen-bond donors (Lipinski definition) is 1. The monoisotopic (exact) mass is 380 g/mol. The van der Waals surface area contributed by atoms with Crippen LogP contribution in [0.3, 0.4) is 0 Å². The average molecular weight is 380 g/mol. The first-order chi connectivity index (χ1) is 13.7. The minimum Gasteiger partial charge on any atom is -0.348 e. The van der Waals surface area contributed by atoms with Crippen LogP contribution in [0.25, 0.3) is 0 Å². The minimum absolute atomic E-state index is 0.0534. The molecule has 2 amide bonds. The van der Waals surface area contributed by atoms with Crippen LogP contribution >= 0.6 is 0 Å². The first-order valence-corrected chi connectivity index (χ1v) is 10.4. The highest BCUT2D eigenvalue weighted by molar-refractivity contribution is 5.98. The van der Waals surface area contributed by atoms with Crippen LogP contribution < -0.4 is 5.32 Å². The van der Waals surface area contributed by atoms with Gasteiger partial charge in [-0.05, 0) is 24.8 Å². The maximum atomic E-state index is 13.0. The van der Waals surface area contributed by atoms with E-state index >= 15 is 0 Å². The second-order valence-corrected chi connectivity index (χ2v) is 7.87. The molecular formula is C22H28N4O2. The Balaban J connectivity index is 1.47. The van der Waals surface area contributed by atoms with Crippen molar-refractivity contribution in [2.45, 2.75) is 64.1 Å². The van der Waals surface area contributed by atoms with E-state index in [1.807, 2.05) is 35.2 Å². The number of aromatic nitrogens is 2. The molecule has 1 saturated carbocycles. The van der Waals surface area contributed by atoms with Gasteiger partial charge in [0.05, 0.1) is 0 Å². The summed E-state index contributed by atoms with van der Waals surface area (Å²) in [5, 5.41) is 7.57. The smallest absolute Gasteiger partial charge is 0.272 e. The molecule has 0 bridgehead atoms. The van der Waals surface area contributed by atoms with E-state index < -0.39 is 0 Å². The SMILES string of the molecule is O=C(NC1CCCCCC1)c1cc2n(n1)CCCN(Cc1ccccc1)C2=O. The molecule has 6 heteroatoms. The second kappa shape index (κ2) is 8.59. The van der Waals surface area contributed by atoms with Crippen LogP contribution in [0, 0.1) is 0 Å². The molecule has 0 spiro atoms. The summed E-state index contributed by atoms with van der Waals surface area (Å²) in [5.74, 6) is -0.211. The highest BCUT2D eigenvalue weighted by Crippen LogP contribution is 2.19. The van der Waals surface area contributed by atoms with Crippen molar-refractivity contribution >= 4 is 11.8 Å². The van der Waals surface area contributed by atoms with E-state index in [1.165, 1.54) is 12.8 Å². The third-order valence-electron chi connectivity index (χ3n) is 5.72. The summed E-state index contributed by atoms with van der Waals surface area (Å²) in [6.45, 7) is 1.93. The lowest BCUT2D eigenvalue weighted by Gasteiger charge is -2.20. The zero-order valence-corrected chi connectivity index (χ0v) is 16.3. The molecule has 1 N–H and O–H groups in total. The van der Waals surface area contributed by atoms with Gasteiger partial charge in [-0.15, -0.1) is 0 Å². The van der Waals surface area contributed by atoms with Gasteiger partial charge in [-0.1, -0.05) is 56.0 Å². The van der Waals surface area contributed by atoms with Crippen molar-refractivity contribution in [1.29, 1.82) is 0 Å². The Morgan fingerprint density at radius 2 is 1.79 bits per heavy atom. The van der Waals surface area contributed by atoms with Gasteiger partial charge in [-0.3, -0.25) is 14.3 Å². The predicted octanol–water partition coefficient (Wildman–Crippen LogP) is 3.38. The van der Waals surface area contributed by atoms with Crippen LogP contribution in [0.2, 0.25) is 0 Å². The summed E-state index contributed by atoms with van der Waals surface area (Å²) in [7, 11) is 0. The Morgan fingerprint density at radius 3 is 2.54 bits per heavy atom. The van der Waals surface area contributed by atoms with Gasteiger partial charge in [0.1, 0.15) is 5.69 Å². The van der Waals surface area contributed by atoms with Gasteiger partial charge >= 0.3 is 0 Å². The largest absolute Gasteiger partial charge is 0.348 e. The number of carbonyl (C=O) groups is 2. The molecule has 1 aromatic carbocycles. The summed E-state index contributed by atoms with van der Waals surface area (Å²) in [6.07, 6.45) is 7.71. The maximum Gasteiger partial charge on any atom is 0.272 e. The van der Waals surface area contributed by atoms with Gasteiger partial charge in [-0.25, -0.2) is 0 Å². The lowest BCUT2D eigenvalue weighted by atomic mass is 10.1. The van der Waals surface area contributed by atoms with Gasteiger partial charge in [0.2, 0.25) is 0 Å².